The molecule has 0 unspecified atom stereocenters. The number of carbonyl (C=O) groups excluding carboxylic acids is 1. The molecule has 1 aliphatic rings. The molecule has 144 valence electrons. The molecule has 7 heteroatoms. The van der Waals surface area contributed by atoms with Gasteiger partial charge >= 0.3 is 0 Å². The van der Waals surface area contributed by atoms with Crippen LogP contribution in [-0.2, 0) is 11.3 Å². The quantitative estimate of drug-likeness (QED) is 0.736. The monoisotopic (exact) mass is 397 g/mol. The minimum Gasteiger partial charge on any atom is -0.391 e. The van der Waals surface area contributed by atoms with Crippen LogP contribution in [-0.4, -0.2) is 44.9 Å². The van der Waals surface area contributed by atoms with Gasteiger partial charge in [0.1, 0.15) is 11.7 Å². The fraction of sp³-hybridized carbons (Fsp3) is 0.286. The topological polar surface area (TPSA) is 75.4 Å². The Kier molecular flexibility index (Phi) is 5.15. The van der Waals surface area contributed by atoms with Crippen molar-refractivity contribution in [3.63, 3.8) is 0 Å². The van der Waals surface area contributed by atoms with Gasteiger partial charge in [-0.3, -0.25) is 9.59 Å². The Bertz CT molecular complexity index is 1080. The van der Waals surface area contributed by atoms with Gasteiger partial charge in [-0.1, -0.05) is 54.1 Å². The molecule has 4 rings (SSSR count). The zero-order chi connectivity index (χ0) is 19.7. The average Bonchev–Trinajstić information content (AvgIpc) is 2.70. The molecule has 2 heterocycles. The Hall–Kier alpha value is -2.70. The number of aromatic nitrogens is 2. The summed E-state index contributed by atoms with van der Waals surface area (Å²) in [4.78, 5) is 26.0. The fourth-order valence-corrected chi connectivity index (χ4v) is 3.91. The number of carbonyl (C=O) groups is 1. The maximum atomic E-state index is 12.6. The molecule has 2 atom stereocenters. The van der Waals surface area contributed by atoms with Crippen LogP contribution in [0.2, 0.25) is 5.15 Å². The molecule has 1 aromatic heterocycles. The summed E-state index contributed by atoms with van der Waals surface area (Å²) in [6, 6.07) is 17.0. The summed E-state index contributed by atoms with van der Waals surface area (Å²) < 4.78 is 1.05. The van der Waals surface area contributed by atoms with Crippen molar-refractivity contribution in [3.8, 4) is 0 Å². The van der Waals surface area contributed by atoms with E-state index >= 15 is 0 Å². The molecule has 6 nitrogen and oxygen atoms in total. The predicted octanol–water partition coefficient (Wildman–Crippen LogP) is 2.43. The summed E-state index contributed by atoms with van der Waals surface area (Å²) in [6.07, 6.45) is -0.00810. The van der Waals surface area contributed by atoms with Gasteiger partial charge in [-0.2, -0.15) is 5.10 Å². The summed E-state index contributed by atoms with van der Waals surface area (Å²) in [5.41, 5.74) is 0.690. The maximum absolute atomic E-state index is 12.6. The molecule has 0 saturated carbocycles. The molecular formula is C21H20ClN3O3. The lowest BCUT2D eigenvalue weighted by Crippen LogP contribution is -2.47. The van der Waals surface area contributed by atoms with E-state index in [4.69, 9.17) is 11.6 Å². The number of halogens is 1. The van der Waals surface area contributed by atoms with Crippen molar-refractivity contribution in [3.05, 3.63) is 75.7 Å². The second kappa shape index (κ2) is 7.73. The van der Waals surface area contributed by atoms with Gasteiger partial charge in [-0.05, 0) is 28.8 Å². The molecule has 28 heavy (non-hydrogen) atoms. The van der Waals surface area contributed by atoms with Crippen LogP contribution in [0.1, 0.15) is 17.9 Å². The van der Waals surface area contributed by atoms with Crippen molar-refractivity contribution >= 4 is 28.3 Å². The first kappa shape index (κ1) is 18.7. The molecule has 1 N–H and O–H groups in total. The zero-order valence-corrected chi connectivity index (χ0v) is 15.9. The Balaban J connectivity index is 1.46. The number of benzene rings is 2. The van der Waals surface area contributed by atoms with E-state index in [0.717, 1.165) is 21.0 Å². The average molecular weight is 398 g/mol. The maximum Gasteiger partial charge on any atom is 0.267 e. The fourth-order valence-electron chi connectivity index (χ4n) is 3.75. The lowest BCUT2D eigenvalue weighted by Gasteiger charge is -2.36. The van der Waals surface area contributed by atoms with E-state index in [9.17, 15) is 14.7 Å². The number of β-amino-alcohol motifs (C(OH)–C–C–N with tert-alkyl or cyclic N) is 1. The van der Waals surface area contributed by atoms with E-state index in [-0.39, 0.29) is 35.6 Å². The Morgan fingerprint density at radius 1 is 1.14 bits per heavy atom. The summed E-state index contributed by atoms with van der Waals surface area (Å²) >= 11 is 5.80. The van der Waals surface area contributed by atoms with Crippen molar-refractivity contribution in [2.24, 2.45) is 0 Å². The van der Waals surface area contributed by atoms with Crippen LogP contribution in [0.4, 0.5) is 0 Å². The summed E-state index contributed by atoms with van der Waals surface area (Å²) in [7, 11) is 0. The van der Waals surface area contributed by atoms with Gasteiger partial charge in [-0.15, -0.1) is 0 Å². The molecule has 0 radical (unpaired) electrons. The van der Waals surface area contributed by atoms with Gasteiger partial charge < -0.3 is 10.0 Å². The van der Waals surface area contributed by atoms with Gasteiger partial charge in [0, 0.05) is 25.1 Å². The van der Waals surface area contributed by atoms with Crippen molar-refractivity contribution in [1.82, 2.24) is 14.7 Å². The lowest BCUT2D eigenvalue weighted by molar-refractivity contribution is -0.135. The van der Waals surface area contributed by atoms with Crippen LogP contribution < -0.4 is 5.56 Å². The SMILES string of the molecule is O=C(Cn1nc(Cl)ccc1=O)N1CC[C@@H](c2ccc3ccccc3c2)[C@H](O)C1. The standard InChI is InChI=1S/C21H20ClN3O3/c22-19-7-8-20(27)25(23-19)13-21(28)24-10-9-17(18(26)12-24)16-6-5-14-3-1-2-4-15(14)11-16/h1-8,11,17-18,26H,9-10,12-13H2/t17-,18+/m0/s1. The number of aliphatic hydroxyl groups is 1. The number of rotatable bonds is 3. The highest BCUT2D eigenvalue weighted by atomic mass is 35.5. The van der Waals surface area contributed by atoms with Crippen LogP contribution in [0.25, 0.3) is 10.8 Å². The van der Waals surface area contributed by atoms with Crippen LogP contribution in [0, 0.1) is 0 Å². The zero-order valence-electron chi connectivity index (χ0n) is 15.2. The molecule has 1 fully saturated rings. The van der Waals surface area contributed by atoms with Crippen molar-refractivity contribution < 1.29 is 9.90 Å². The van der Waals surface area contributed by atoms with Gasteiger partial charge in [0.05, 0.1) is 6.10 Å². The summed E-state index contributed by atoms with van der Waals surface area (Å²) in [5, 5.41) is 17.0. The second-order valence-electron chi connectivity index (χ2n) is 7.06. The Morgan fingerprint density at radius 2 is 1.93 bits per heavy atom. The smallest absolute Gasteiger partial charge is 0.267 e. The van der Waals surface area contributed by atoms with Gasteiger partial charge in [0.25, 0.3) is 5.56 Å². The third-order valence-electron chi connectivity index (χ3n) is 5.26. The molecule has 3 aromatic rings. The molecular weight excluding hydrogens is 378 g/mol. The van der Waals surface area contributed by atoms with Crippen molar-refractivity contribution in [2.45, 2.75) is 25.0 Å². The van der Waals surface area contributed by atoms with Crippen LogP contribution in [0.5, 0.6) is 0 Å². The van der Waals surface area contributed by atoms with Crippen LogP contribution in [0.15, 0.2) is 59.4 Å². The number of hydrogen-bond acceptors (Lipinski definition) is 4. The Labute approximate surface area is 167 Å². The number of amides is 1. The lowest BCUT2D eigenvalue weighted by atomic mass is 9.86. The van der Waals surface area contributed by atoms with E-state index < -0.39 is 6.10 Å². The van der Waals surface area contributed by atoms with Crippen molar-refractivity contribution in [2.75, 3.05) is 13.1 Å². The predicted molar refractivity (Wildman–Crippen MR) is 107 cm³/mol. The molecule has 1 amide bonds. The third kappa shape index (κ3) is 3.79. The number of fused-ring (bicyclic) bond motifs is 1. The van der Waals surface area contributed by atoms with E-state index in [0.29, 0.717) is 13.0 Å². The Morgan fingerprint density at radius 3 is 2.71 bits per heavy atom. The van der Waals surface area contributed by atoms with Crippen LogP contribution >= 0.6 is 11.6 Å². The number of nitrogens with zero attached hydrogens (tertiary/aromatic N) is 3. The molecule has 2 aromatic carbocycles. The van der Waals surface area contributed by atoms with Gasteiger partial charge in [0.2, 0.25) is 5.91 Å². The van der Waals surface area contributed by atoms with E-state index in [2.05, 4.69) is 29.4 Å². The number of aliphatic hydroxyl groups excluding tert-OH is 1. The van der Waals surface area contributed by atoms with E-state index in [1.807, 2.05) is 18.2 Å². The molecule has 1 saturated heterocycles. The van der Waals surface area contributed by atoms with Gasteiger partial charge in [0.15, 0.2) is 0 Å². The summed E-state index contributed by atoms with van der Waals surface area (Å²) in [5.74, 6) is -0.284. The molecule has 0 aliphatic carbocycles. The molecule has 0 spiro atoms. The molecule has 0 bridgehead atoms. The summed E-state index contributed by atoms with van der Waals surface area (Å²) in [6.45, 7) is 0.557. The highest BCUT2D eigenvalue weighted by Crippen LogP contribution is 2.30. The number of hydrogen-bond donors (Lipinski definition) is 1. The minimum atomic E-state index is -0.664. The minimum absolute atomic E-state index is 0.0272. The first-order valence-corrected chi connectivity index (χ1v) is 9.57. The normalized spacial score (nSPS) is 19.7. The highest BCUT2D eigenvalue weighted by molar-refractivity contribution is 6.29. The largest absolute Gasteiger partial charge is 0.391 e. The van der Waals surface area contributed by atoms with Crippen LogP contribution in [0.3, 0.4) is 0 Å². The number of likely N-dealkylation sites (tertiary alicyclic amines) is 1. The molecule has 1 aliphatic heterocycles. The second-order valence-corrected chi connectivity index (χ2v) is 7.45. The van der Waals surface area contributed by atoms with Gasteiger partial charge in [-0.25, -0.2) is 4.68 Å². The first-order chi connectivity index (χ1) is 13.5. The van der Waals surface area contributed by atoms with E-state index in [1.165, 1.54) is 12.1 Å². The number of piperidine rings is 1. The highest BCUT2D eigenvalue weighted by Gasteiger charge is 2.31. The first-order valence-electron chi connectivity index (χ1n) is 9.19. The third-order valence-corrected chi connectivity index (χ3v) is 5.46. The van der Waals surface area contributed by atoms with E-state index in [1.54, 1.807) is 4.90 Å². The van der Waals surface area contributed by atoms with Crippen molar-refractivity contribution in [1.29, 1.82) is 0 Å².